The molecule has 0 aromatic heterocycles. The zero-order valence-electron chi connectivity index (χ0n) is 8.84. The molecule has 0 fully saturated rings. The van der Waals surface area contributed by atoms with Gasteiger partial charge in [0.05, 0.1) is 4.90 Å². The predicted molar refractivity (Wildman–Crippen MR) is 56.6 cm³/mol. The van der Waals surface area contributed by atoms with Gasteiger partial charge in [0, 0.05) is 0 Å². The highest BCUT2D eigenvalue weighted by Crippen LogP contribution is 2.23. The van der Waals surface area contributed by atoms with Gasteiger partial charge in [-0.3, -0.25) is 0 Å². The molecule has 0 spiro atoms. The van der Waals surface area contributed by atoms with Crippen molar-refractivity contribution in [3.63, 3.8) is 0 Å². The highest BCUT2D eigenvalue weighted by atomic mass is 32.2. The minimum atomic E-state index is -4.30. The maximum absolute atomic E-state index is 11.8. The fourth-order valence-electron chi connectivity index (χ4n) is 1.06. The first kappa shape index (κ1) is 12.7. The third-order valence-electron chi connectivity index (χ3n) is 2.25. The lowest BCUT2D eigenvalue weighted by atomic mass is 10.2. The van der Waals surface area contributed by atoms with Crippen LogP contribution in [-0.4, -0.2) is 29.5 Å². The van der Waals surface area contributed by atoms with Crippen LogP contribution in [0.2, 0.25) is 0 Å². The number of carboxylic acids is 1. The standard InChI is InChI=1S/C10H12O5S/c1-7-3-5-8(6-4-7)16(14,15)10(2,13)9(11)12/h3-6,13H,1-2H3,(H,11,12)/t10-/m1/s1. The summed E-state index contributed by atoms with van der Waals surface area (Å²) < 4.78 is 23.6. The van der Waals surface area contributed by atoms with Gasteiger partial charge >= 0.3 is 5.97 Å². The van der Waals surface area contributed by atoms with Crippen molar-refractivity contribution in [3.8, 4) is 0 Å². The van der Waals surface area contributed by atoms with Crippen molar-refractivity contribution in [1.82, 2.24) is 0 Å². The highest BCUT2D eigenvalue weighted by Gasteiger charge is 2.45. The second-order valence-electron chi connectivity index (χ2n) is 3.60. The van der Waals surface area contributed by atoms with Crippen molar-refractivity contribution >= 4 is 15.8 Å². The van der Waals surface area contributed by atoms with Crippen molar-refractivity contribution in [1.29, 1.82) is 0 Å². The first-order chi connectivity index (χ1) is 7.19. The molecule has 0 aliphatic carbocycles. The third-order valence-corrected chi connectivity index (χ3v) is 4.37. The Morgan fingerprint density at radius 1 is 1.25 bits per heavy atom. The Labute approximate surface area is 93.3 Å². The van der Waals surface area contributed by atoms with Crippen LogP contribution in [0, 0.1) is 6.92 Å². The van der Waals surface area contributed by atoms with Gasteiger partial charge in [-0.2, -0.15) is 0 Å². The van der Waals surface area contributed by atoms with Gasteiger partial charge in [-0.25, -0.2) is 13.2 Å². The second-order valence-corrected chi connectivity index (χ2v) is 5.88. The average Bonchev–Trinajstić information content (AvgIpc) is 2.17. The fraction of sp³-hybridized carbons (Fsp3) is 0.300. The molecule has 0 aliphatic heterocycles. The van der Waals surface area contributed by atoms with Crippen LogP contribution in [0.5, 0.6) is 0 Å². The topological polar surface area (TPSA) is 91.7 Å². The quantitative estimate of drug-likeness (QED) is 0.810. The van der Waals surface area contributed by atoms with E-state index in [0.29, 0.717) is 0 Å². The minimum Gasteiger partial charge on any atom is -0.478 e. The second kappa shape index (κ2) is 3.88. The molecule has 1 aromatic rings. The van der Waals surface area contributed by atoms with E-state index in [0.717, 1.165) is 12.5 Å². The van der Waals surface area contributed by atoms with E-state index >= 15 is 0 Å². The number of benzene rings is 1. The monoisotopic (exact) mass is 244 g/mol. The molecule has 88 valence electrons. The highest BCUT2D eigenvalue weighted by molar-refractivity contribution is 7.93. The maximum atomic E-state index is 11.8. The summed E-state index contributed by atoms with van der Waals surface area (Å²) in [5, 5.41) is 18.1. The zero-order chi connectivity index (χ0) is 12.6. The summed E-state index contributed by atoms with van der Waals surface area (Å²) in [6.07, 6.45) is 0. The summed E-state index contributed by atoms with van der Waals surface area (Å²) in [5.74, 6) is -1.80. The molecule has 0 aliphatic rings. The Balaban J connectivity index is 3.33. The first-order valence-electron chi connectivity index (χ1n) is 4.46. The van der Waals surface area contributed by atoms with E-state index in [2.05, 4.69) is 0 Å². The molecule has 0 bridgehead atoms. The predicted octanol–water partition coefficient (Wildman–Crippen LogP) is 0.562. The summed E-state index contributed by atoms with van der Waals surface area (Å²) in [4.78, 5) is 7.64. The molecule has 0 unspecified atom stereocenters. The molecular weight excluding hydrogens is 232 g/mol. The molecule has 0 saturated heterocycles. The molecule has 5 nitrogen and oxygen atoms in total. The number of hydrogen-bond acceptors (Lipinski definition) is 4. The van der Waals surface area contributed by atoms with Crippen LogP contribution in [0.25, 0.3) is 0 Å². The lowest BCUT2D eigenvalue weighted by molar-refractivity contribution is -0.148. The van der Waals surface area contributed by atoms with Gasteiger partial charge in [0.15, 0.2) is 0 Å². The van der Waals surface area contributed by atoms with Gasteiger partial charge in [-0.1, -0.05) is 17.7 Å². The maximum Gasteiger partial charge on any atom is 0.351 e. The van der Waals surface area contributed by atoms with Crippen LogP contribution >= 0.6 is 0 Å². The van der Waals surface area contributed by atoms with E-state index in [4.69, 9.17) is 5.11 Å². The Morgan fingerprint density at radius 2 is 1.69 bits per heavy atom. The Hall–Kier alpha value is -1.40. The summed E-state index contributed by atoms with van der Waals surface area (Å²) in [5.41, 5.74) is 0.842. The smallest absolute Gasteiger partial charge is 0.351 e. The zero-order valence-corrected chi connectivity index (χ0v) is 9.65. The van der Waals surface area contributed by atoms with Crippen LogP contribution in [0.15, 0.2) is 29.2 Å². The third kappa shape index (κ3) is 1.94. The number of sulfone groups is 1. The van der Waals surface area contributed by atoms with Gasteiger partial charge in [-0.15, -0.1) is 0 Å². The minimum absolute atomic E-state index is 0.217. The van der Waals surface area contributed by atoms with Crippen molar-refractivity contribution in [2.24, 2.45) is 0 Å². The number of carboxylic acid groups (broad SMARTS) is 1. The van der Waals surface area contributed by atoms with Crippen molar-refractivity contribution in [2.75, 3.05) is 0 Å². The Kier molecular flexibility index (Phi) is 3.07. The van der Waals surface area contributed by atoms with Gasteiger partial charge < -0.3 is 10.2 Å². The van der Waals surface area contributed by atoms with Crippen molar-refractivity contribution in [2.45, 2.75) is 23.7 Å². The van der Waals surface area contributed by atoms with Crippen LogP contribution in [0.1, 0.15) is 12.5 Å². The number of rotatable bonds is 3. The van der Waals surface area contributed by atoms with Gasteiger partial charge in [0.1, 0.15) is 0 Å². The fourth-order valence-corrected chi connectivity index (χ4v) is 2.25. The van der Waals surface area contributed by atoms with Crippen LogP contribution in [-0.2, 0) is 14.6 Å². The molecule has 0 saturated carbocycles. The Bertz CT molecular complexity index is 499. The number of carbonyl (C=O) groups is 1. The molecule has 16 heavy (non-hydrogen) atoms. The molecular formula is C10H12O5S. The van der Waals surface area contributed by atoms with Gasteiger partial charge in [-0.05, 0) is 26.0 Å². The summed E-state index contributed by atoms with van der Waals surface area (Å²) in [6.45, 7) is 2.51. The summed E-state index contributed by atoms with van der Waals surface area (Å²) in [7, 11) is -4.30. The molecule has 2 N–H and O–H groups in total. The summed E-state index contributed by atoms with van der Waals surface area (Å²) >= 11 is 0. The summed E-state index contributed by atoms with van der Waals surface area (Å²) in [6, 6.07) is 5.60. The van der Waals surface area contributed by atoms with E-state index in [1.807, 2.05) is 0 Å². The molecule has 0 amide bonds. The SMILES string of the molecule is Cc1ccc(S(=O)(=O)[C@@](C)(O)C(=O)O)cc1. The van der Waals surface area contributed by atoms with E-state index < -0.39 is 20.7 Å². The van der Waals surface area contributed by atoms with Crippen LogP contribution < -0.4 is 0 Å². The number of aliphatic carboxylic acids is 1. The van der Waals surface area contributed by atoms with Crippen molar-refractivity contribution < 1.29 is 23.4 Å². The van der Waals surface area contributed by atoms with E-state index in [-0.39, 0.29) is 4.90 Å². The van der Waals surface area contributed by atoms with E-state index in [9.17, 15) is 18.3 Å². The van der Waals surface area contributed by atoms with Crippen LogP contribution in [0.3, 0.4) is 0 Å². The number of aryl methyl sites for hydroxylation is 1. The molecule has 1 atom stereocenters. The normalized spacial score (nSPS) is 15.4. The molecule has 1 aromatic carbocycles. The van der Waals surface area contributed by atoms with Crippen molar-refractivity contribution in [3.05, 3.63) is 29.8 Å². The molecule has 0 radical (unpaired) electrons. The van der Waals surface area contributed by atoms with Gasteiger partial charge in [0.2, 0.25) is 9.84 Å². The lowest BCUT2D eigenvalue weighted by Crippen LogP contribution is -2.43. The number of aliphatic hydroxyl groups is 1. The van der Waals surface area contributed by atoms with E-state index in [1.54, 1.807) is 6.92 Å². The Morgan fingerprint density at radius 3 is 2.06 bits per heavy atom. The van der Waals surface area contributed by atoms with E-state index in [1.165, 1.54) is 24.3 Å². The lowest BCUT2D eigenvalue weighted by Gasteiger charge is -2.18. The molecule has 1 rings (SSSR count). The largest absolute Gasteiger partial charge is 0.478 e. The molecule has 6 heteroatoms. The molecule has 0 heterocycles. The number of hydrogen-bond donors (Lipinski definition) is 2. The first-order valence-corrected chi connectivity index (χ1v) is 5.95. The van der Waals surface area contributed by atoms with Gasteiger partial charge in [0.25, 0.3) is 4.93 Å². The average molecular weight is 244 g/mol. The van der Waals surface area contributed by atoms with Crippen LogP contribution in [0.4, 0.5) is 0 Å².